The van der Waals surface area contributed by atoms with Gasteiger partial charge in [0.1, 0.15) is 23.4 Å². The number of thiol groups is 1. The number of aryl methyl sites for hydroxylation is 1. The maximum Gasteiger partial charge on any atom is 0.408 e. The fourth-order valence-corrected chi connectivity index (χ4v) is 4.20. The predicted molar refractivity (Wildman–Crippen MR) is 151 cm³/mol. The molecule has 9 heteroatoms. The molecule has 0 spiro atoms. The van der Waals surface area contributed by atoms with E-state index in [9.17, 15) is 19.5 Å². The number of amides is 3. The van der Waals surface area contributed by atoms with E-state index in [0.717, 1.165) is 32.1 Å². The van der Waals surface area contributed by atoms with Crippen LogP contribution in [0.3, 0.4) is 0 Å². The lowest BCUT2D eigenvalue weighted by atomic mass is 9.99. The summed E-state index contributed by atoms with van der Waals surface area (Å²) in [4.78, 5) is 41.4. The van der Waals surface area contributed by atoms with Gasteiger partial charge in [-0.25, -0.2) is 4.79 Å². The number of phenols is 1. The summed E-state index contributed by atoms with van der Waals surface area (Å²) in [5.41, 5.74) is 0.461. The Morgan fingerprint density at radius 1 is 1.05 bits per heavy atom. The molecule has 0 bridgehead atoms. The van der Waals surface area contributed by atoms with Crippen LogP contribution in [0.1, 0.15) is 97.2 Å². The number of alkyl carbamates (subject to hydrolysis) is 1. The molecule has 0 fully saturated rings. The molecule has 0 aliphatic rings. The number of rotatable bonds is 14. The van der Waals surface area contributed by atoms with Crippen LogP contribution in [0.25, 0.3) is 0 Å². The molecule has 210 valence electrons. The van der Waals surface area contributed by atoms with Gasteiger partial charge in [0.2, 0.25) is 11.8 Å². The third-order valence-electron chi connectivity index (χ3n) is 5.73. The van der Waals surface area contributed by atoms with Crippen LogP contribution < -0.4 is 10.6 Å². The first-order valence-corrected chi connectivity index (χ1v) is 13.9. The molecule has 0 aliphatic carbocycles. The Labute approximate surface area is 228 Å². The Morgan fingerprint density at radius 3 is 2.22 bits per heavy atom. The lowest BCUT2D eigenvalue weighted by Gasteiger charge is -2.35. The first-order valence-electron chi connectivity index (χ1n) is 13.3. The van der Waals surface area contributed by atoms with E-state index >= 15 is 0 Å². The second-order valence-corrected chi connectivity index (χ2v) is 11.2. The molecule has 2 unspecified atom stereocenters. The summed E-state index contributed by atoms with van der Waals surface area (Å²) in [7, 11) is 0. The van der Waals surface area contributed by atoms with E-state index < -0.39 is 29.7 Å². The lowest BCUT2D eigenvalue weighted by Crippen LogP contribution is -2.54. The van der Waals surface area contributed by atoms with Crippen molar-refractivity contribution in [3.05, 3.63) is 29.3 Å². The monoisotopic (exact) mass is 537 g/mol. The molecule has 1 rings (SSSR count). The van der Waals surface area contributed by atoms with Crippen LogP contribution in [0.15, 0.2) is 18.2 Å². The molecule has 3 N–H and O–H groups in total. The Kier molecular flexibility index (Phi) is 13.9. The van der Waals surface area contributed by atoms with E-state index in [2.05, 4.69) is 30.2 Å². The van der Waals surface area contributed by atoms with Gasteiger partial charge in [-0.05, 0) is 71.2 Å². The number of carbonyl (C=O) groups excluding carboxylic acids is 3. The number of hydrogen-bond donors (Lipinski definition) is 4. The normalized spacial score (nSPS) is 13.1. The molecule has 0 radical (unpaired) electrons. The summed E-state index contributed by atoms with van der Waals surface area (Å²) in [6, 6.07) is 2.85. The average molecular weight is 538 g/mol. The van der Waals surface area contributed by atoms with Gasteiger partial charge in [-0.1, -0.05) is 45.1 Å². The van der Waals surface area contributed by atoms with Crippen LogP contribution in [0.4, 0.5) is 4.79 Å². The minimum Gasteiger partial charge on any atom is -0.508 e. The highest BCUT2D eigenvalue weighted by molar-refractivity contribution is 7.80. The van der Waals surface area contributed by atoms with E-state index in [1.807, 2.05) is 13.8 Å². The highest BCUT2D eigenvalue weighted by Gasteiger charge is 2.36. The molecule has 0 heterocycles. The number of benzene rings is 1. The van der Waals surface area contributed by atoms with Crippen LogP contribution in [-0.4, -0.2) is 57.9 Å². The SMILES string of the molecule is CCCCCCCCN(C(=O)C(CS)NC(=O)OC(C)(C)C)C(C(=O)NC(C)C)c1ccc(O)c(C)c1. The second-order valence-electron chi connectivity index (χ2n) is 10.8. The Bertz CT molecular complexity index is 885. The summed E-state index contributed by atoms with van der Waals surface area (Å²) in [5, 5.41) is 15.6. The Balaban J connectivity index is 3.36. The number of unbranched alkanes of at least 4 members (excludes halogenated alkanes) is 5. The van der Waals surface area contributed by atoms with E-state index in [1.54, 1.807) is 39.8 Å². The molecule has 0 saturated carbocycles. The maximum absolute atomic E-state index is 13.9. The fraction of sp³-hybridized carbons (Fsp3) is 0.679. The van der Waals surface area contributed by atoms with Crippen molar-refractivity contribution in [1.29, 1.82) is 0 Å². The summed E-state index contributed by atoms with van der Waals surface area (Å²) in [6.45, 7) is 13.2. The molecule has 8 nitrogen and oxygen atoms in total. The molecule has 0 aliphatic heterocycles. The summed E-state index contributed by atoms with van der Waals surface area (Å²) in [5.74, 6) is -0.586. The Morgan fingerprint density at radius 2 is 1.68 bits per heavy atom. The van der Waals surface area contributed by atoms with Crippen molar-refractivity contribution < 1.29 is 24.2 Å². The number of phenolic OH excluding ortho intramolecular Hbond substituents is 1. The first kappa shape index (κ1) is 32.6. The topological polar surface area (TPSA) is 108 Å². The van der Waals surface area contributed by atoms with Gasteiger partial charge in [0.25, 0.3) is 0 Å². The van der Waals surface area contributed by atoms with Gasteiger partial charge >= 0.3 is 6.09 Å². The number of nitrogens with zero attached hydrogens (tertiary/aromatic N) is 1. The minimum atomic E-state index is -0.981. The third-order valence-corrected chi connectivity index (χ3v) is 6.10. The van der Waals surface area contributed by atoms with E-state index in [1.165, 1.54) is 11.0 Å². The van der Waals surface area contributed by atoms with Gasteiger partial charge in [0.05, 0.1) is 0 Å². The Hall–Kier alpha value is -2.42. The molecule has 3 amide bonds. The van der Waals surface area contributed by atoms with Crippen LogP contribution in [0, 0.1) is 6.92 Å². The largest absolute Gasteiger partial charge is 0.508 e. The number of hydrogen-bond acceptors (Lipinski definition) is 6. The van der Waals surface area contributed by atoms with Crippen molar-refractivity contribution >= 4 is 30.5 Å². The number of ether oxygens (including phenoxy) is 1. The molecule has 1 aromatic carbocycles. The van der Waals surface area contributed by atoms with E-state index in [0.29, 0.717) is 24.1 Å². The van der Waals surface area contributed by atoms with Gasteiger partial charge in [-0.2, -0.15) is 12.6 Å². The van der Waals surface area contributed by atoms with Gasteiger partial charge in [0, 0.05) is 18.3 Å². The number of carbonyl (C=O) groups is 3. The van der Waals surface area contributed by atoms with Crippen LogP contribution in [0.5, 0.6) is 5.75 Å². The highest BCUT2D eigenvalue weighted by atomic mass is 32.1. The maximum atomic E-state index is 13.9. The minimum absolute atomic E-state index is 0.0399. The quantitative estimate of drug-likeness (QED) is 0.191. The lowest BCUT2D eigenvalue weighted by molar-refractivity contribution is -0.142. The number of nitrogens with one attached hydrogen (secondary N) is 2. The zero-order valence-electron chi connectivity index (χ0n) is 23.6. The number of aromatic hydroxyl groups is 1. The smallest absolute Gasteiger partial charge is 0.408 e. The van der Waals surface area contributed by atoms with Gasteiger partial charge in [0.15, 0.2) is 0 Å². The average Bonchev–Trinajstić information content (AvgIpc) is 2.78. The van der Waals surface area contributed by atoms with Crippen LogP contribution in [0.2, 0.25) is 0 Å². The van der Waals surface area contributed by atoms with Crippen molar-refractivity contribution in [2.45, 2.75) is 111 Å². The van der Waals surface area contributed by atoms with E-state index in [4.69, 9.17) is 4.74 Å². The first-order chi connectivity index (χ1) is 17.3. The van der Waals surface area contributed by atoms with Gasteiger partial charge < -0.3 is 25.4 Å². The van der Waals surface area contributed by atoms with Crippen molar-refractivity contribution in [3.63, 3.8) is 0 Å². The molecule has 1 aromatic rings. The second kappa shape index (κ2) is 15.7. The van der Waals surface area contributed by atoms with Crippen LogP contribution >= 0.6 is 12.6 Å². The van der Waals surface area contributed by atoms with Crippen molar-refractivity contribution in [3.8, 4) is 5.75 Å². The highest BCUT2D eigenvalue weighted by Crippen LogP contribution is 2.28. The van der Waals surface area contributed by atoms with Gasteiger partial charge in [-0.3, -0.25) is 9.59 Å². The standard InChI is InChI=1S/C28H47N3O5S/c1-8-9-10-11-12-13-16-31(26(34)22(18-37)30-27(35)36-28(5,6)7)24(25(33)29-19(2)3)21-14-15-23(32)20(4)17-21/h14-15,17,19,22,24,32,37H,8-13,16,18H2,1-7H3,(H,29,33)(H,30,35). The van der Waals surface area contributed by atoms with Crippen molar-refractivity contribution in [2.75, 3.05) is 12.3 Å². The molecule has 0 aromatic heterocycles. The fourth-order valence-electron chi connectivity index (χ4n) is 3.95. The van der Waals surface area contributed by atoms with Crippen LogP contribution in [-0.2, 0) is 14.3 Å². The molecule has 2 atom stereocenters. The third kappa shape index (κ3) is 11.7. The summed E-state index contributed by atoms with van der Waals surface area (Å²) in [6.07, 6.45) is 5.38. The molecule has 37 heavy (non-hydrogen) atoms. The van der Waals surface area contributed by atoms with Gasteiger partial charge in [-0.15, -0.1) is 0 Å². The zero-order valence-corrected chi connectivity index (χ0v) is 24.5. The summed E-state index contributed by atoms with van der Waals surface area (Å²) >= 11 is 4.32. The molecule has 0 saturated heterocycles. The zero-order chi connectivity index (χ0) is 28.2. The predicted octanol–water partition coefficient (Wildman–Crippen LogP) is 5.28. The molecular weight excluding hydrogens is 490 g/mol. The van der Waals surface area contributed by atoms with E-state index in [-0.39, 0.29) is 23.5 Å². The van der Waals surface area contributed by atoms with Crippen molar-refractivity contribution in [2.24, 2.45) is 0 Å². The molecular formula is C28H47N3O5S. The summed E-state index contributed by atoms with van der Waals surface area (Å²) < 4.78 is 5.35. The van der Waals surface area contributed by atoms with Crippen molar-refractivity contribution in [1.82, 2.24) is 15.5 Å².